The highest BCUT2D eigenvalue weighted by atomic mass is 79.9. The minimum Gasteiger partial charge on any atom is -0.489 e. The van der Waals surface area contributed by atoms with Gasteiger partial charge in [-0.3, -0.25) is 0 Å². The van der Waals surface area contributed by atoms with Crippen LogP contribution in [0.5, 0.6) is 5.75 Å². The van der Waals surface area contributed by atoms with Crippen molar-refractivity contribution in [1.29, 1.82) is 0 Å². The zero-order valence-corrected chi connectivity index (χ0v) is 13.0. The highest BCUT2D eigenvalue weighted by molar-refractivity contribution is 9.10. The summed E-state index contributed by atoms with van der Waals surface area (Å²) in [5, 5.41) is 3.41. The third-order valence-electron chi connectivity index (χ3n) is 2.66. The van der Waals surface area contributed by atoms with Crippen LogP contribution >= 0.6 is 15.9 Å². The molecule has 0 bridgehead atoms. The number of nitrogens with one attached hydrogen (secondary N) is 1. The first-order valence-corrected chi connectivity index (χ1v) is 7.13. The molecule has 1 aromatic rings. The highest BCUT2D eigenvalue weighted by Crippen LogP contribution is 2.24. The molecule has 0 unspecified atom stereocenters. The van der Waals surface area contributed by atoms with E-state index in [1.165, 1.54) is 5.56 Å². The van der Waals surface area contributed by atoms with E-state index in [2.05, 4.69) is 54.7 Å². The summed E-state index contributed by atoms with van der Waals surface area (Å²) in [7, 11) is 0. The van der Waals surface area contributed by atoms with Gasteiger partial charge in [-0.1, -0.05) is 43.3 Å². The van der Waals surface area contributed by atoms with Crippen LogP contribution in [0.4, 0.5) is 0 Å². The van der Waals surface area contributed by atoms with E-state index in [4.69, 9.17) is 4.74 Å². The van der Waals surface area contributed by atoms with Gasteiger partial charge in [0.2, 0.25) is 0 Å². The van der Waals surface area contributed by atoms with Crippen molar-refractivity contribution in [2.45, 2.75) is 39.8 Å². The molecule has 0 saturated carbocycles. The fourth-order valence-electron chi connectivity index (χ4n) is 1.42. The van der Waals surface area contributed by atoms with Crippen LogP contribution in [0.25, 0.3) is 0 Å². The molecule has 3 heteroatoms. The van der Waals surface area contributed by atoms with Crippen LogP contribution < -0.4 is 10.1 Å². The van der Waals surface area contributed by atoms with E-state index in [1.54, 1.807) is 0 Å². The maximum Gasteiger partial charge on any atom is 0.124 e. The summed E-state index contributed by atoms with van der Waals surface area (Å²) in [6.45, 7) is 11.7. The summed E-state index contributed by atoms with van der Waals surface area (Å²) in [4.78, 5) is 0. The van der Waals surface area contributed by atoms with Crippen LogP contribution in [0.15, 0.2) is 34.8 Å². The largest absolute Gasteiger partial charge is 0.489 e. The van der Waals surface area contributed by atoms with Gasteiger partial charge in [0.15, 0.2) is 0 Å². The van der Waals surface area contributed by atoms with Gasteiger partial charge in [-0.05, 0) is 30.2 Å². The van der Waals surface area contributed by atoms with Crippen LogP contribution in [-0.4, -0.2) is 12.6 Å². The number of hydrogen-bond donors (Lipinski definition) is 1. The molecule has 1 N–H and O–H groups in total. The topological polar surface area (TPSA) is 21.3 Å². The summed E-state index contributed by atoms with van der Waals surface area (Å²) in [6.07, 6.45) is 0.954. The summed E-state index contributed by atoms with van der Waals surface area (Å²) < 4.78 is 6.89. The molecule has 18 heavy (non-hydrogen) atoms. The van der Waals surface area contributed by atoms with E-state index < -0.39 is 0 Å². The van der Waals surface area contributed by atoms with Crippen molar-refractivity contribution in [3.63, 3.8) is 0 Å². The number of benzene rings is 1. The molecule has 1 aromatic carbocycles. The highest BCUT2D eigenvalue weighted by Gasteiger charge is 2.06. The molecule has 0 amide bonds. The first-order valence-electron chi connectivity index (χ1n) is 6.34. The van der Waals surface area contributed by atoms with Gasteiger partial charge < -0.3 is 10.1 Å². The van der Waals surface area contributed by atoms with Crippen molar-refractivity contribution in [1.82, 2.24) is 5.32 Å². The number of hydrogen-bond acceptors (Lipinski definition) is 2. The van der Waals surface area contributed by atoms with Crippen LogP contribution in [0.3, 0.4) is 0 Å². The summed E-state index contributed by atoms with van der Waals surface area (Å²) in [5.74, 6) is 0.931. The second-order valence-electron chi connectivity index (χ2n) is 4.68. The van der Waals surface area contributed by atoms with E-state index in [1.807, 2.05) is 12.1 Å². The Morgan fingerprint density at radius 3 is 2.78 bits per heavy atom. The minimum absolute atomic E-state index is 0.461. The number of ether oxygens (including phenoxy) is 1. The molecular weight excluding hydrogens is 290 g/mol. The lowest BCUT2D eigenvalue weighted by molar-refractivity contribution is 0.343. The lowest BCUT2D eigenvalue weighted by Crippen LogP contribution is -2.22. The maximum atomic E-state index is 5.82. The van der Waals surface area contributed by atoms with Gasteiger partial charge in [-0.25, -0.2) is 0 Å². The van der Waals surface area contributed by atoms with Crippen LogP contribution in [0.2, 0.25) is 0 Å². The predicted octanol–water partition coefficient (Wildman–Crippen LogP) is 4.29. The molecule has 100 valence electrons. The Kier molecular flexibility index (Phi) is 6.44. The Balaban J connectivity index is 2.72. The molecule has 0 heterocycles. The van der Waals surface area contributed by atoms with E-state index in [0.29, 0.717) is 12.6 Å². The van der Waals surface area contributed by atoms with Crippen molar-refractivity contribution >= 4 is 15.9 Å². The Morgan fingerprint density at radius 1 is 1.44 bits per heavy atom. The molecule has 0 aliphatic heterocycles. The lowest BCUT2D eigenvalue weighted by Gasteiger charge is -2.14. The summed E-state index contributed by atoms with van der Waals surface area (Å²) >= 11 is 3.50. The second-order valence-corrected chi connectivity index (χ2v) is 5.60. The molecule has 0 spiro atoms. The van der Waals surface area contributed by atoms with Gasteiger partial charge in [0.25, 0.3) is 0 Å². The molecule has 0 aliphatic carbocycles. The quantitative estimate of drug-likeness (QED) is 0.758. The van der Waals surface area contributed by atoms with Crippen LogP contribution in [0.1, 0.15) is 32.8 Å². The van der Waals surface area contributed by atoms with Crippen molar-refractivity contribution < 1.29 is 4.74 Å². The summed E-state index contributed by atoms with van der Waals surface area (Å²) in [6, 6.07) is 6.56. The van der Waals surface area contributed by atoms with Gasteiger partial charge in [0.05, 0.1) is 0 Å². The third-order valence-corrected chi connectivity index (χ3v) is 3.15. The Labute approximate surface area is 119 Å². The van der Waals surface area contributed by atoms with Gasteiger partial charge >= 0.3 is 0 Å². The van der Waals surface area contributed by atoms with Gasteiger partial charge in [0, 0.05) is 22.6 Å². The van der Waals surface area contributed by atoms with Crippen molar-refractivity contribution in [3.8, 4) is 5.75 Å². The standard InChI is InChI=1S/C15H22BrNO/c1-5-12(4)10-18-15-7-6-14(16)8-13(15)9-17-11(2)3/h6-8,11,17H,4-5,9-10H2,1-3H3. The van der Waals surface area contributed by atoms with Crippen LogP contribution in [0, 0.1) is 0 Å². The van der Waals surface area contributed by atoms with Crippen molar-refractivity contribution in [3.05, 3.63) is 40.4 Å². The van der Waals surface area contributed by atoms with E-state index >= 15 is 0 Å². The molecule has 2 nitrogen and oxygen atoms in total. The van der Waals surface area contributed by atoms with Gasteiger partial charge in [-0.15, -0.1) is 0 Å². The molecule has 0 radical (unpaired) electrons. The molecule has 0 saturated heterocycles. The Bertz CT molecular complexity index is 401. The van der Waals surface area contributed by atoms with Crippen LogP contribution in [-0.2, 0) is 6.54 Å². The molecular formula is C15H22BrNO. The van der Waals surface area contributed by atoms with E-state index in [0.717, 1.165) is 28.8 Å². The SMILES string of the molecule is C=C(CC)COc1ccc(Br)cc1CNC(C)C. The summed E-state index contributed by atoms with van der Waals surface area (Å²) in [5.41, 5.74) is 2.28. The van der Waals surface area contributed by atoms with E-state index in [-0.39, 0.29) is 0 Å². The average Bonchev–Trinajstić information content (AvgIpc) is 2.34. The van der Waals surface area contributed by atoms with Gasteiger partial charge in [-0.2, -0.15) is 0 Å². The van der Waals surface area contributed by atoms with Crippen molar-refractivity contribution in [2.24, 2.45) is 0 Å². The monoisotopic (exact) mass is 311 g/mol. The first-order chi connectivity index (χ1) is 8.52. The van der Waals surface area contributed by atoms with E-state index in [9.17, 15) is 0 Å². The fourth-order valence-corrected chi connectivity index (χ4v) is 1.83. The molecule has 0 atom stereocenters. The first kappa shape index (κ1) is 15.3. The van der Waals surface area contributed by atoms with Gasteiger partial charge in [0.1, 0.15) is 12.4 Å². The Morgan fingerprint density at radius 2 is 2.17 bits per heavy atom. The minimum atomic E-state index is 0.461. The Hall–Kier alpha value is -0.800. The smallest absolute Gasteiger partial charge is 0.124 e. The molecule has 0 fully saturated rings. The lowest BCUT2D eigenvalue weighted by atomic mass is 10.2. The molecule has 1 rings (SSSR count). The average molecular weight is 312 g/mol. The maximum absolute atomic E-state index is 5.82. The molecule has 0 aromatic heterocycles. The zero-order chi connectivity index (χ0) is 13.5. The fraction of sp³-hybridized carbons (Fsp3) is 0.467. The molecule has 0 aliphatic rings. The predicted molar refractivity (Wildman–Crippen MR) is 81.0 cm³/mol. The second kappa shape index (κ2) is 7.59. The normalized spacial score (nSPS) is 10.7. The third kappa shape index (κ3) is 5.23. The van der Waals surface area contributed by atoms with Crippen molar-refractivity contribution in [2.75, 3.05) is 6.61 Å². The zero-order valence-electron chi connectivity index (χ0n) is 11.4. The number of rotatable bonds is 7. The number of halogens is 1.